The van der Waals surface area contributed by atoms with E-state index in [9.17, 15) is 4.79 Å². The van der Waals surface area contributed by atoms with Crippen molar-refractivity contribution in [3.8, 4) is 0 Å². The topological polar surface area (TPSA) is 52.6 Å². The molecule has 0 saturated carbocycles. The lowest BCUT2D eigenvalue weighted by atomic mass is 9.97. The summed E-state index contributed by atoms with van der Waals surface area (Å²) in [6, 6.07) is 10.1. The maximum Gasteiger partial charge on any atom is 0.234 e. The van der Waals surface area contributed by atoms with Gasteiger partial charge in [-0.05, 0) is 31.9 Å². The number of aliphatic hydroxyl groups excluding tert-OH is 1. The molecule has 0 heterocycles. The average molecular weight is 292 g/mol. The van der Waals surface area contributed by atoms with E-state index in [1.165, 1.54) is 0 Å². The predicted octanol–water partition coefficient (Wildman–Crippen LogP) is 2.20. The summed E-state index contributed by atoms with van der Waals surface area (Å²) < 4.78 is 0. The van der Waals surface area contributed by atoms with Crippen LogP contribution < -0.4 is 5.32 Å². The van der Waals surface area contributed by atoms with Crippen LogP contribution in [0.5, 0.6) is 0 Å². The largest absolute Gasteiger partial charge is 0.395 e. The number of carbonyl (C=O) groups excluding carboxylic acids is 1. The van der Waals surface area contributed by atoms with Crippen LogP contribution in [0.2, 0.25) is 0 Å². The van der Waals surface area contributed by atoms with Crippen LogP contribution in [0.25, 0.3) is 0 Å². The van der Waals surface area contributed by atoms with Crippen molar-refractivity contribution in [2.75, 3.05) is 20.2 Å². The number of aliphatic hydroxyl groups is 1. The number of nitrogens with one attached hydrogen (secondary N) is 1. The van der Waals surface area contributed by atoms with Gasteiger partial charge in [-0.15, -0.1) is 0 Å². The van der Waals surface area contributed by atoms with Crippen molar-refractivity contribution in [1.29, 1.82) is 0 Å². The lowest BCUT2D eigenvalue weighted by Crippen LogP contribution is -2.42. The van der Waals surface area contributed by atoms with E-state index in [4.69, 9.17) is 5.11 Å². The smallest absolute Gasteiger partial charge is 0.234 e. The molecule has 0 aliphatic carbocycles. The molecule has 118 valence electrons. The first kappa shape index (κ1) is 17.7. The van der Waals surface area contributed by atoms with Crippen LogP contribution in [0.15, 0.2) is 30.3 Å². The number of nitrogens with zero attached hydrogens (tertiary/aromatic N) is 1. The first-order valence-electron chi connectivity index (χ1n) is 7.59. The van der Waals surface area contributed by atoms with Crippen LogP contribution in [-0.4, -0.2) is 42.2 Å². The van der Waals surface area contributed by atoms with Crippen LogP contribution in [-0.2, 0) is 4.79 Å². The van der Waals surface area contributed by atoms with Gasteiger partial charge in [0.1, 0.15) is 0 Å². The number of benzene rings is 1. The maximum absolute atomic E-state index is 12.2. The Bertz CT molecular complexity index is 420. The molecule has 0 aromatic heterocycles. The molecular weight excluding hydrogens is 264 g/mol. The summed E-state index contributed by atoms with van der Waals surface area (Å²) in [6.07, 6.45) is 0.912. The van der Waals surface area contributed by atoms with Gasteiger partial charge in [0, 0.05) is 6.04 Å². The summed E-state index contributed by atoms with van der Waals surface area (Å²) >= 11 is 0. The molecule has 0 spiro atoms. The van der Waals surface area contributed by atoms with Gasteiger partial charge in [-0.2, -0.15) is 0 Å². The van der Waals surface area contributed by atoms with Gasteiger partial charge in [-0.25, -0.2) is 0 Å². The van der Waals surface area contributed by atoms with Gasteiger partial charge in [-0.1, -0.05) is 44.2 Å². The van der Waals surface area contributed by atoms with Crippen molar-refractivity contribution in [1.82, 2.24) is 10.2 Å². The molecule has 2 unspecified atom stereocenters. The van der Waals surface area contributed by atoms with E-state index >= 15 is 0 Å². The molecule has 4 nitrogen and oxygen atoms in total. The second-order valence-electron chi connectivity index (χ2n) is 6.11. The Kier molecular flexibility index (Phi) is 7.40. The Labute approximate surface area is 128 Å². The molecule has 1 rings (SSSR count). The zero-order chi connectivity index (χ0) is 15.8. The van der Waals surface area contributed by atoms with Crippen LogP contribution >= 0.6 is 0 Å². The highest BCUT2D eigenvalue weighted by atomic mass is 16.3. The first-order valence-corrected chi connectivity index (χ1v) is 7.59. The molecule has 1 amide bonds. The molecule has 0 saturated heterocycles. The molecule has 1 aromatic rings. The van der Waals surface area contributed by atoms with E-state index < -0.39 is 0 Å². The third-order valence-electron chi connectivity index (χ3n) is 3.65. The highest BCUT2D eigenvalue weighted by Crippen LogP contribution is 2.20. The number of hydrogen-bond donors (Lipinski definition) is 2. The van der Waals surface area contributed by atoms with Gasteiger partial charge in [0.25, 0.3) is 0 Å². The maximum atomic E-state index is 12.2. The van der Waals surface area contributed by atoms with Crippen LogP contribution in [0, 0.1) is 5.92 Å². The Morgan fingerprint density at radius 1 is 1.24 bits per heavy atom. The van der Waals surface area contributed by atoms with Crippen molar-refractivity contribution in [2.24, 2.45) is 5.92 Å². The summed E-state index contributed by atoms with van der Waals surface area (Å²) in [7, 11) is 1.85. The van der Waals surface area contributed by atoms with Crippen LogP contribution in [0.3, 0.4) is 0 Å². The van der Waals surface area contributed by atoms with Crippen molar-refractivity contribution in [3.63, 3.8) is 0 Å². The van der Waals surface area contributed by atoms with E-state index in [1.54, 1.807) is 0 Å². The lowest BCUT2D eigenvalue weighted by molar-refractivity contribution is -0.123. The number of hydrogen-bond acceptors (Lipinski definition) is 3. The minimum absolute atomic E-state index is 0.00713. The zero-order valence-corrected chi connectivity index (χ0v) is 13.5. The van der Waals surface area contributed by atoms with Gasteiger partial charge in [0.2, 0.25) is 5.91 Å². The predicted molar refractivity (Wildman–Crippen MR) is 86.0 cm³/mol. The van der Waals surface area contributed by atoms with Crippen molar-refractivity contribution >= 4 is 5.91 Å². The van der Waals surface area contributed by atoms with Crippen molar-refractivity contribution < 1.29 is 9.90 Å². The summed E-state index contributed by atoms with van der Waals surface area (Å²) in [6.45, 7) is 6.56. The second kappa shape index (κ2) is 8.80. The highest BCUT2D eigenvalue weighted by Gasteiger charge is 2.18. The fraction of sp³-hybridized carbons (Fsp3) is 0.588. The zero-order valence-electron chi connectivity index (χ0n) is 13.5. The highest BCUT2D eigenvalue weighted by molar-refractivity contribution is 5.78. The van der Waals surface area contributed by atoms with E-state index in [0.717, 1.165) is 12.0 Å². The molecule has 21 heavy (non-hydrogen) atoms. The quantitative estimate of drug-likeness (QED) is 0.772. The van der Waals surface area contributed by atoms with Crippen molar-refractivity contribution in [2.45, 2.75) is 39.3 Å². The lowest BCUT2D eigenvalue weighted by Gasteiger charge is -2.25. The number of amides is 1. The SMILES string of the molecule is CC(C)CC(NC(=O)CN(C)C(C)CO)c1ccccc1. The van der Waals surface area contributed by atoms with Crippen LogP contribution in [0.1, 0.15) is 38.8 Å². The van der Waals surface area contributed by atoms with Gasteiger partial charge in [-0.3, -0.25) is 9.69 Å². The Hall–Kier alpha value is -1.39. The van der Waals surface area contributed by atoms with E-state index in [-0.39, 0.29) is 24.6 Å². The normalized spacial score (nSPS) is 14.2. The third kappa shape index (κ3) is 6.27. The fourth-order valence-corrected chi connectivity index (χ4v) is 2.20. The third-order valence-corrected chi connectivity index (χ3v) is 3.65. The molecule has 0 aliphatic rings. The molecule has 1 aromatic carbocycles. The molecule has 0 aliphatic heterocycles. The number of carbonyl (C=O) groups is 1. The minimum Gasteiger partial charge on any atom is -0.395 e. The average Bonchev–Trinajstić information content (AvgIpc) is 2.46. The monoisotopic (exact) mass is 292 g/mol. The first-order chi connectivity index (χ1) is 9.93. The summed E-state index contributed by atoms with van der Waals surface area (Å²) in [5, 5.41) is 12.2. The second-order valence-corrected chi connectivity index (χ2v) is 6.11. The minimum atomic E-state index is -0.0176. The van der Waals surface area contributed by atoms with Crippen LogP contribution in [0.4, 0.5) is 0 Å². The van der Waals surface area contributed by atoms with Gasteiger partial charge in [0.15, 0.2) is 0 Å². The van der Waals surface area contributed by atoms with Gasteiger partial charge >= 0.3 is 0 Å². The Morgan fingerprint density at radius 2 is 1.86 bits per heavy atom. The molecule has 0 bridgehead atoms. The molecule has 0 radical (unpaired) electrons. The van der Waals surface area contributed by atoms with Crippen molar-refractivity contribution in [3.05, 3.63) is 35.9 Å². The molecule has 2 atom stereocenters. The summed E-state index contributed by atoms with van der Waals surface area (Å²) in [5.74, 6) is 0.497. The van der Waals surface area contributed by atoms with E-state index in [1.807, 2.05) is 49.2 Å². The van der Waals surface area contributed by atoms with Gasteiger partial charge in [0.05, 0.1) is 19.2 Å². The molecule has 0 fully saturated rings. The fourth-order valence-electron chi connectivity index (χ4n) is 2.20. The Morgan fingerprint density at radius 3 is 2.38 bits per heavy atom. The van der Waals surface area contributed by atoms with E-state index in [2.05, 4.69) is 19.2 Å². The van der Waals surface area contributed by atoms with E-state index in [0.29, 0.717) is 12.5 Å². The standard InChI is InChI=1S/C17H28N2O2/c1-13(2)10-16(15-8-6-5-7-9-15)18-17(21)11-19(4)14(3)12-20/h5-9,13-14,16,20H,10-12H2,1-4H3,(H,18,21). The summed E-state index contributed by atoms with van der Waals surface area (Å²) in [4.78, 5) is 14.1. The summed E-state index contributed by atoms with van der Waals surface area (Å²) in [5.41, 5.74) is 1.14. The molecule has 2 N–H and O–H groups in total. The number of rotatable bonds is 8. The Balaban J connectivity index is 2.67. The molecule has 4 heteroatoms. The van der Waals surface area contributed by atoms with Gasteiger partial charge < -0.3 is 10.4 Å². The number of likely N-dealkylation sites (N-methyl/N-ethyl adjacent to an activating group) is 1. The molecular formula is C17H28N2O2.